The Hall–Kier alpha value is -2.48. The lowest BCUT2D eigenvalue weighted by Crippen LogP contribution is -2.30. The summed E-state index contributed by atoms with van der Waals surface area (Å²) in [5.74, 6) is -0.214. The van der Waals surface area contributed by atoms with Crippen LogP contribution in [0.25, 0.3) is 0 Å². The molecule has 0 aliphatic heterocycles. The number of hydrogen-bond acceptors (Lipinski definition) is 5. The van der Waals surface area contributed by atoms with Gasteiger partial charge in [-0.3, -0.25) is 4.84 Å². The van der Waals surface area contributed by atoms with Crippen molar-refractivity contribution in [3.8, 4) is 11.5 Å². The number of aliphatic carboxylic acids is 1. The zero-order valence-corrected chi connectivity index (χ0v) is 10.4. The predicted molar refractivity (Wildman–Crippen MR) is 65.3 cm³/mol. The molecular weight excluding hydrogens is 256 g/mol. The molecule has 0 aromatic heterocycles. The highest BCUT2D eigenvalue weighted by atomic mass is 16.7. The SMILES string of the molecule is COc1ccc(NC(=O)NOCC(=O)O)cc1OC. The number of anilines is 1. The van der Waals surface area contributed by atoms with Crippen LogP contribution >= 0.6 is 0 Å². The Labute approximate surface area is 109 Å². The van der Waals surface area contributed by atoms with Gasteiger partial charge in [0, 0.05) is 11.8 Å². The van der Waals surface area contributed by atoms with E-state index in [9.17, 15) is 9.59 Å². The smallest absolute Gasteiger partial charge is 0.343 e. The number of hydroxylamine groups is 1. The molecule has 0 saturated heterocycles. The maximum absolute atomic E-state index is 11.3. The molecule has 19 heavy (non-hydrogen) atoms. The molecule has 1 aromatic rings. The number of carbonyl (C=O) groups excluding carboxylic acids is 1. The van der Waals surface area contributed by atoms with Crippen LogP contribution in [-0.4, -0.2) is 37.9 Å². The largest absolute Gasteiger partial charge is 0.493 e. The summed E-state index contributed by atoms with van der Waals surface area (Å²) in [6, 6.07) is 4.06. The van der Waals surface area contributed by atoms with E-state index in [0.717, 1.165) is 0 Å². The van der Waals surface area contributed by atoms with Crippen LogP contribution < -0.4 is 20.3 Å². The van der Waals surface area contributed by atoms with Crippen LogP contribution in [0.15, 0.2) is 18.2 Å². The quantitative estimate of drug-likeness (QED) is 0.661. The van der Waals surface area contributed by atoms with Gasteiger partial charge in [-0.25, -0.2) is 15.1 Å². The van der Waals surface area contributed by atoms with Crippen LogP contribution in [0, 0.1) is 0 Å². The Bertz CT molecular complexity index is 462. The lowest BCUT2D eigenvalue weighted by molar-refractivity contribution is -0.143. The summed E-state index contributed by atoms with van der Waals surface area (Å²) >= 11 is 0. The predicted octanol–water partition coefficient (Wildman–Crippen LogP) is 0.841. The van der Waals surface area contributed by atoms with Gasteiger partial charge >= 0.3 is 12.0 Å². The van der Waals surface area contributed by atoms with E-state index in [1.165, 1.54) is 14.2 Å². The maximum Gasteiger partial charge on any atom is 0.343 e. The molecule has 1 rings (SSSR count). The van der Waals surface area contributed by atoms with Crippen molar-refractivity contribution in [1.82, 2.24) is 5.48 Å². The molecule has 0 fully saturated rings. The van der Waals surface area contributed by atoms with Crippen molar-refractivity contribution in [2.45, 2.75) is 0 Å². The monoisotopic (exact) mass is 270 g/mol. The van der Waals surface area contributed by atoms with Gasteiger partial charge in [0.25, 0.3) is 0 Å². The molecule has 0 bridgehead atoms. The number of benzene rings is 1. The highest BCUT2D eigenvalue weighted by Crippen LogP contribution is 2.29. The molecule has 0 aliphatic carbocycles. The molecule has 3 N–H and O–H groups in total. The fourth-order valence-corrected chi connectivity index (χ4v) is 1.23. The summed E-state index contributed by atoms with van der Waals surface area (Å²) in [5, 5.41) is 10.8. The van der Waals surface area contributed by atoms with E-state index >= 15 is 0 Å². The number of urea groups is 1. The first-order chi connectivity index (χ1) is 9.06. The van der Waals surface area contributed by atoms with E-state index in [1.54, 1.807) is 18.2 Å². The van der Waals surface area contributed by atoms with Gasteiger partial charge in [-0.2, -0.15) is 0 Å². The van der Waals surface area contributed by atoms with Crippen molar-refractivity contribution in [3.63, 3.8) is 0 Å². The molecule has 0 saturated carbocycles. The minimum absolute atomic E-state index is 0.439. The van der Waals surface area contributed by atoms with Crippen molar-refractivity contribution >= 4 is 17.7 Å². The minimum Gasteiger partial charge on any atom is -0.493 e. The van der Waals surface area contributed by atoms with Crippen LogP contribution in [0.5, 0.6) is 11.5 Å². The molecule has 1 aromatic carbocycles. The second-order valence-electron chi connectivity index (χ2n) is 3.31. The third-order valence-electron chi connectivity index (χ3n) is 2.00. The van der Waals surface area contributed by atoms with Gasteiger partial charge in [0.05, 0.1) is 14.2 Å². The van der Waals surface area contributed by atoms with Crippen molar-refractivity contribution in [2.75, 3.05) is 26.1 Å². The van der Waals surface area contributed by atoms with Gasteiger partial charge in [0.2, 0.25) is 0 Å². The Morgan fingerprint density at radius 3 is 2.47 bits per heavy atom. The van der Waals surface area contributed by atoms with Crippen LogP contribution in [0.2, 0.25) is 0 Å². The molecule has 2 amide bonds. The average Bonchev–Trinajstić information content (AvgIpc) is 2.38. The van der Waals surface area contributed by atoms with Crippen molar-refractivity contribution in [1.29, 1.82) is 0 Å². The third kappa shape index (κ3) is 4.72. The summed E-state index contributed by atoms with van der Waals surface area (Å²) in [6.07, 6.45) is 0. The molecule has 8 heteroatoms. The van der Waals surface area contributed by atoms with Crippen LogP contribution in [-0.2, 0) is 9.63 Å². The molecule has 104 valence electrons. The summed E-state index contributed by atoms with van der Waals surface area (Å²) in [5.41, 5.74) is 2.36. The van der Waals surface area contributed by atoms with E-state index in [2.05, 4.69) is 10.2 Å². The van der Waals surface area contributed by atoms with Crippen LogP contribution in [0.4, 0.5) is 10.5 Å². The highest BCUT2D eigenvalue weighted by molar-refractivity contribution is 5.89. The van der Waals surface area contributed by atoms with E-state index < -0.39 is 18.6 Å². The first-order valence-corrected chi connectivity index (χ1v) is 5.19. The molecule has 0 heterocycles. The number of rotatable bonds is 6. The van der Waals surface area contributed by atoms with Crippen molar-refractivity contribution < 1.29 is 29.0 Å². The van der Waals surface area contributed by atoms with E-state index in [1.807, 2.05) is 5.48 Å². The van der Waals surface area contributed by atoms with Gasteiger partial charge in [-0.05, 0) is 12.1 Å². The van der Waals surface area contributed by atoms with Crippen molar-refractivity contribution in [2.24, 2.45) is 0 Å². The Morgan fingerprint density at radius 1 is 1.21 bits per heavy atom. The number of methoxy groups -OCH3 is 2. The summed E-state index contributed by atoms with van der Waals surface area (Å²) < 4.78 is 10.1. The normalized spacial score (nSPS) is 9.58. The second-order valence-corrected chi connectivity index (χ2v) is 3.31. The molecule has 0 unspecified atom stereocenters. The number of carboxylic acid groups (broad SMARTS) is 1. The molecular formula is C11H14N2O6. The molecule has 0 aliphatic rings. The van der Waals surface area contributed by atoms with Gasteiger partial charge < -0.3 is 19.9 Å². The fourth-order valence-electron chi connectivity index (χ4n) is 1.23. The van der Waals surface area contributed by atoms with E-state index in [-0.39, 0.29) is 0 Å². The summed E-state index contributed by atoms with van der Waals surface area (Å²) in [7, 11) is 2.97. The standard InChI is InChI=1S/C11H14N2O6/c1-17-8-4-3-7(5-9(8)18-2)12-11(16)13-19-6-10(14)15/h3-5H,6H2,1-2H3,(H,14,15)(H2,12,13,16). The number of ether oxygens (including phenoxy) is 2. The van der Waals surface area contributed by atoms with Gasteiger partial charge in [-0.15, -0.1) is 0 Å². The van der Waals surface area contributed by atoms with E-state index in [0.29, 0.717) is 17.2 Å². The van der Waals surface area contributed by atoms with Gasteiger partial charge in [0.1, 0.15) is 0 Å². The fraction of sp³-hybridized carbons (Fsp3) is 0.273. The maximum atomic E-state index is 11.3. The Kier molecular flexibility index (Phi) is 5.42. The summed E-state index contributed by atoms with van der Waals surface area (Å²) in [6.45, 7) is -0.626. The Balaban J connectivity index is 2.57. The molecule has 8 nitrogen and oxygen atoms in total. The molecule has 0 radical (unpaired) electrons. The van der Waals surface area contributed by atoms with Crippen LogP contribution in [0.3, 0.4) is 0 Å². The van der Waals surface area contributed by atoms with Gasteiger partial charge in [0.15, 0.2) is 18.1 Å². The highest BCUT2D eigenvalue weighted by Gasteiger charge is 2.07. The average molecular weight is 270 g/mol. The number of carboxylic acids is 1. The zero-order chi connectivity index (χ0) is 14.3. The third-order valence-corrected chi connectivity index (χ3v) is 2.00. The number of hydrogen-bond donors (Lipinski definition) is 3. The Morgan fingerprint density at radius 2 is 1.89 bits per heavy atom. The first-order valence-electron chi connectivity index (χ1n) is 5.19. The first kappa shape index (κ1) is 14.6. The lowest BCUT2D eigenvalue weighted by Gasteiger charge is -2.10. The summed E-state index contributed by atoms with van der Waals surface area (Å²) in [4.78, 5) is 25.9. The molecule has 0 atom stereocenters. The number of amides is 2. The zero-order valence-electron chi connectivity index (χ0n) is 10.4. The number of nitrogens with one attached hydrogen (secondary N) is 2. The topological polar surface area (TPSA) is 106 Å². The number of carbonyl (C=O) groups is 2. The van der Waals surface area contributed by atoms with Gasteiger partial charge in [-0.1, -0.05) is 0 Å². The van der Waals surface area contributed by atoms with Crippen LogP contribution in [0.1, 0.15) is 0 Å². The molecule has 0 spiro atoms. The second kappa shape index (κ2) is 7.07. The minimum atomic E-state index is -1.19. The lowest BCUT2D eigenvalue weighted by atomic mass is 10.3. The van der Waals surface area contributed by atoms with Crippen molar-refractivity contribution in [3.05, 3.63) is 18.2 Å². The van der Waals surface area contributed by atoms with E-state index in [4.69, 9.17) is 14.6 Å².